The van der Waals surface area contributed by atoms with E-state index in [0.29, 0.717) is 46.7 Å². The molecular formula is C30H27ClN2O3. The van der Waals surface area contributed by atoms with Gasteiger partial charge in [0.05, 0.1) is 13.0 Å². The first kappa shape index (κ1) is 23.9. The van der Waals surface area contributed by atoms with Gasteiger partial charge >= 0.3 is 0 Å². The monoisotopic (exact) mass is 498 g/mol. The third-order valence-electron chi connectivity index (χ3n) is 6.87. The van der Waals surface area contributed by atoms with E-state index in [1.54, 1.807) is 24.1 Å². The number of nitrogens with one attached hydrogen (secondary N) is 1. The number of halogens is 1. The molecule has 2 aliphatic rings. The maximum Gasteiger partial charge on any atom is 0.161 e. The normalized spacial score (nSPS) is 19.3. The highest BCUT2D eigenvalue weighted by Gasteiger charge is 2.44. The molecule has 1 aliphatic carbocycles. The molecule has 0 unspecified atom stereocenters. The van der Waals surface area contributed by atoms with Crippen LogP contribution in [-0.4, -0.2) is 23.8 Å². The summed E-state index contributed by atoms with van der Waals surface area (Å²) in [5.41, 5.74) is 4.87. The van der Waals surface area contributed by atoms with Crippen LogP contribution < -0.4 is 9.64 Å². The van der Waals surface area contributed by atoms with Crippen LogP contribution in [0.2, 0.25) is 5.02 Å². The van der Waals surface area contributed by atoms with Gasteiger partial charge in [-0.15, -0.1) is 0 Å². The SMILES string of the molecule is COc1ccccc1[C@H]1C(=C(O)c2ccc(C)cc2)C(=N)N(c2ccc(Cl)cc2)C2=C1C(=O)CCC2. The topological polar surface area (TPSA) is 73.6 Å². The molecule has 0 saturated heterocycles. The van der Waals surface area contributed by atoms with Crippen molar-refractivity contribution >= 4 is 34.7 Å². The number of carbonyl (C=O) groups is 1. The highest BCUT2D eigenvalue weighted by molar-refractivity contribution is 6.30. The number of benzene rings is 3. The number of Topliss-reactive ketones (excluding diaryl/α,β-unsaturated/α-hetero) is 1. The van der Waals surface area contributed by atoms with Crippen molar-refractivity contribution in [1.82, 2.24) is 0 Å². The molecule has 0 radical (unpaired) electrons. The number of aryl methyl sites for hydroxylation is 1. The number of rotatable bonds is 4. The zero-order chi connectivity index (χ0) is 25.4. The second kappa shape index (κ2) is 9.67. The zero-order valence-electron chi connectivity index (χ0n) is 20.2. The number of para-hydroxylation sites is 1. The molecule has 5 rings (SSSR count). The van der Waals surface area contributed by atoms with Gasteiger partial charge in [0.2, 0.25) is 0 Å². The van der Waals surface area contributed by atoms with Gasteiger partial charge in [-0.3, -0.25) is 15.1 Å². The smallest absolute Gasteiger partial charge is 0.161 e. The predicted molar refractivity (Wildman–Crippen MR) is 144 cm³/mol. The van der Waals surface area contributed by atoms with Crippen molar-refractivity contribution < 1.29 is 14.6 Å². The molecule has 0 amide bonds. The van der Waals surface area contributed by atoms with E-state index in [1.165, 1.54) is 0 Å². The van der Waals surface area contributed by atoms with Crippen molar-refractivity contribution in [3.05, 3.63) is 111 Å². The van der Waals surface area contributed by atoms with Crippen molar-refractivity contribution in [2.75, 3.05) is 12.0 Å². The fourth-order valence-electron chi connectivity index (χ4n) is 5.15. The number of anilines is 1. The number of hydrogen-bond acceptors (Lipinski definition) is 4. The van der Waals surface area contributed by atoms with E-state index >= 15 is 0 Å². The summed E-state index contributed by atoms with van der Waals surface area (Å²) in [6, 6.07) is 22.2. The van der Waals surface area contributed by atoms with Gasteiger partial charge in [0.15, 0.2) is 5.78 Å². The number of nitrogens with zero attached hydrogens (tertiary/aromatic N) is 1. The summed E-state index contributed by atoms with van der Waals surface area (Å²) in [6.07, 6.45) is 1.78. The Morgan fingerprint density at radius 1 is 1.03 bits per heavy atom. The molecule has 36 heavy (non-hydrogen) atoms. The number of hydrogen-bond donors (Lipinski definition) is 2. The standard InChI is InChI=1S/C30H27ClN2O3/c1-18-10-12-19(13-11-18)29(35)28-26(22-6-3-4-9-25(22)36-2)27-23(7-5-8-24(27)34)33(30(28)32)21-16-14-20(31)15-17-21/h3-4,6,9-17,26,32,35H,5,7-8H2,1-2H3/t26-/m1/s1. The summed E-state index contributed by atoms with van der Waals surface area (Å²) in [6.45, 7) is 1.98. The first-order valence-electron chi connectivity index (χ1n) is 11.9. The highest BCUT2D eigenvalue weighted by atomic mass is 35.5. The summed E-state index contributed by atoms with van der Waals surface area (Å²) >= 11 is 6.15. The Morgan fingerprint density at radius 3 is 2.42 bits per heavy atom. The number of allylic oxidation sites excluding steroid dienone is 2. The van der Waals surface area contributed by atoms with Crippen LogP contribution in [0, 0.1) is 12.3 Å². The van der Waals surface area contributed by atoms with E-state index in [1.807, 2.05) is 67.6 Å². The van der Waals surface area contributed by atoms with Gasteiger partial charge in [0, 0.05) is 45.1 Å². The summed E-state index contributed by atoms with van der Waals surface area (Å²) in [5, 5.41) is 21.7. The number of carbonyl (C=O) groups excluding carboxylic acids is 1. The molecule has 0 aromatic heterocycles. The largest absolute Gasteiger partial charge is 0.507 e. The Balaban J connectivity index is 1.84. The molecule has 3 aromatic rings. The minimum atomic E-state index is -0.638. The molecule has 6 heteroatoms. The van der Waals surface area contributed by atoms with Crippen LogP contribution in [0.1, 0.15) is 41.9 Å². The van der Waals surface area contributed by atoms with Gasteiger partial charge in [0.25, 0.3) is 0 Å². The van der Waals surface area contributed by atoms with E-state index < -0.39 is 5.92 Å². The summed E-state index contributed by atoms with van der Waals surface area (Å²) < 4.78 is 5.69. The second-order valence-electron chi connectivity index (χ2n) is 9.10. The molecule has 182 valence electrons. The predicted octanol–water partition coefficient (Wildman–Crippen LogP) is 7.21. The zero-order valence-corrected chi connectivity index (χ0v) is 21.0. The number of methoxy groups -OCH3 is 1. The van der Waals surface area contributed by atoms with Crippen LogP contribution in [0.3, 0.4) is 0 Å². The fourth-order valence-corrected chi connectivity index (χ4v) is 5.28. The van der Waals surface area contributed by atoms with E-state index in [2.05, 4.69) is 0 Å². The Labute approximate surface area is 215 Å². The van der Waals surface area contributed by atoms with Gasteiger partial charge in [0.1, 0.15) is 17.3 Å². The van der Waals surface area contributed by atoms with E-state index in [0.717, 1.165) is 22.5 Å². The van der Waals surface area contributed by atoms with E-state index in [9.17, 15) is 15.3 Å². The lowest BCUT2D eigenvalue weighted by Crippen LogP contribution is -2.42. The Morgan fingerprint density at radius 2 is 1.72 bits per heavy atom. The van der Waals surface area contributed by atoms with Gasteiger partial charge < -0.3 is 9.84 Å². The Kier molecular flexibility index (Phi) is 6.42. The van der Waals surface area contributed by atoms with Crippen LogP contribution in [0.25, 0.3) is 5.76 Å². The lowest BCUT2D eigenvalue weighted by Gasteiger charge is -2.42. The average Bonchev–Trinajstić information content (AvgIpc) is 2.89. The summed E-state index contributed by atoms with van der Waals surface area (Å²) in [4.78, 5) is 15.4. The fraction of sp³-hybridized carbons (Fsp3) is 0.200. The third-order valence-corrected chi connectivity index (χ3v) is 7.12. The van der Waals surface area contributed by atoms with Crippen LogP contribution in [0.5, 0.6) is 5.75 Å². The third kappa shape index (κ3) is 4.10. The molecule has 1 aliphatic heterocycles. The van der Waals surface area contributed by atoms with Crippen molar-refractivity contribution in [3.8, 4) is 5.75 Å². The number of aliphatic hydroxyl groups is 1. The number of ether oxygens (including phenoxy) is 1. The van der Waals surface area contributed by atoms with Crippen LogP contribution in [-0.2, 0) is 4.79 Å². The molecule has 0 fully saturated rings. The van der Waals surface area contributed by atoms with E-state index in [-0.39, 0.29) is 17.4 Å². The van der Waals surface area contributed by atoms with Crippen LogP contribution in [0.15, 0.2) is 89.6 Å². The first-order chi connectivity index (χ1) is 17.4. The number of aliphatic hydroxyl groups excluding tert-OH is 1. The number of amidine groups is 1. The molecule has 0 saturated carbocycles. The van der Waals surface area contributed by atoms with Crippen LogP contribution >= 0.6 is 11.6 Å². The molecule has 1 atom stereocenters. The van der Waals surface area contributed by atoms with Crippen LogP contribution in [0.4, 0.5) is 5.69 Å². The molecule has 1 heterocycles. The maximum atomic E-state index is 13.6. The van der Waals surface area contributed by atoms with Gasteiger partial charge in [-0.25, -0.2) is 0 Å². The summed E-state index contributed by atoms with van der Waals surface area (Å²) in [7, 11) is 1.59. The lowest BCUT2D eigenvalue weighted by atomic mass is 9.73. The molecule has 5 nitrogen and oxygen atoms in total. The minimum absolute atomic E-state index is 0.0211. The first-order valence-corrected chi connectivity index (χ1v) is 12.3. The number of ketones is 1. The quantitative estimate of drug-likeness (QED) is 0.372. The van der Waals surface area contributed by atoms with Crippen molar-refractivity contribution in [3.63, 3.8) is 0 Å². The lowest BCUT2D eigenvalue weighted by molar-refractivity contribution is -0.116. The maximum absolute atomic E-state index is 13.6. The van der Waals surface area contributed by atoms with Crippen molar-refractivity contribution in [2.24, 2.45) is 0 Å². The van der Waals surface area contributed by atoms with Crippen molar-refractivity contribution in [1.29, 1.82) is 5.41 Å². The Bertz CT molecular complexity index is 1400. The van der Waals surface area contributed by atoms with Gasteiger partial charge in [-0.05, 0) is 50.1 Å². The molecule has 3 aromatic carbocycles. The van der Waals surface area contributed by atoms with E-state index in [4.69, 9.17) is 16.3 Å². The van der Waals surface area contributed by atoms with Gasteiger partial charge in [-0.1, -0.05) is 59.6 Å². The molecule has 0 bridgehead atoms. The molecule has 0 spiro atoms. The van der Waals surface area contributed by atoms with Gasteiger partial charge in [-0.2, -0.15) is 0 Å². The van der Waals surface area contributed by atoms with Crippen molar-refractivity contribution in [2.45, 2.75) is 32.1 Å². The molecule has 2 N–H and O–H groups in total. The Hall–Kier alpha value is -3.83. The molecular weight excluding hydrogens is 472 g/mol. The average molecular weight is 499 g/mol. The second-order valence-corrected chi connectivity index (χ2v) is 9.54. The summed E-state index contributed by atoms with van der Waals surface area (Å²) in [5.74, 6) is 0.0864. The highest BCUT2D eigenvalue weighted by Crippen LogP contribution is 2.49. The minimum Gasteiger partial charge on any atom is -0.507 e.